The molecule has 0 unspecified atom stereocenters. The molecule has 1 aromatic carbocycles. The van der Waals surface area contributed by atoms with Crippen molar-refractivity contribution >= 4 is 0 Å². The van der Waals surface area contributed by atoms with E-state index in [1.807, 2.05) is 0 Å². The lowest BCUT2D eigenvalue weighted by molar-refractivity contribution is 0.101. The number of ether oxygens (including phenoxy) is 1. The highest BCUT2D eigenvalue weighted by molar-refractivity contribution is 5.37. The first-order valence-electron chi connectivity index (χ1n) is 8.58. The highest BCUT2D eigenvalue weighted by Gasteiger charge is 2.33. The molecule has 1 aliphatic carbocycles. The minimum absolute atomic E-state index is 0.160. The van der Waals surface area contributed by atoms with Gasteiger partial charge >= 0.3 is 0 Å². The molecule has 2 aliphatic rings. The molecule has 0 radical (unpaired) electrons. The van der Waals surface area contributed by atoms with Crippen molar-refractivity contribution in [3.63, 3.8) is 0 Å². The maximum atomic E-state index is 13.9. The predicted octanol–water partition coefficient (Wildman–Crippen LogP) is 3.36. The van der Waals surface area contributed by atoms with E-state index in [0.29, 0.717) is 5.92 Å². The molecule has 1 aliphatic heterocycles. The van der Waals surface area contributed by atoms with E-state index in [4.69, 9.17) is 4.74 Å². The molecule has 1 heterocycles. The van der Waals surface area contributed by atoms with Crippen LogP contribution in [0.2, 0.25) is 0 Å². The number of halogens is 1. The van der Waals surface area contributed by atoms with Gasteiger partial charge in [-0.1, -0.05) is 19.3 Å². The Morgan fingerprint density at radius 3 is 2.59 bits per heavy atom. The van der Waals surface area contributed by atoms with Gasteiger partial charge in [-0.25, -0.2) is 4.39 Å². The molecule has 4 heteroatoms. The summed E-state index contributed by atoms with van der Waals surface area (Å²) in [5.41, 5.74) is 1.04. The molecule has 1 saturated carbocycles. The van der Waals surface area contributed by atoms with E-state index >= 15 is 0 Å². The molecular weight excluding hydrogens is 279 g/mol. The van der Waals surface area contributed by atoms with Crippen LogP contribution in [0.1, 0.15) is 43.7 Å². The van der Waals surface area contributed by atoms with Crippen molar-refractivity contribution in [3.05, 3.63) is 29.6 Å². The van der Waals surface area contributed by atoms with Gasteiger partial charge in [0.15, 0.2) is 0 Å². The summed E-state index contributed by atoms with van der Waals surface area (Å²) in [6.07, 6.45) is 6.42. The second kappa shape index (κ2) is 7.42. The number of rotatable bonds is 4. The molecule has 0 aromatic heterocycles. The highest BCUT2D eigenvalue weighted by Crippen LogP contribution is 2.41. The highest BCUT2D eigenvalue weighted by atomic mass is 19.1. The summed E-state index contributed by atoms with van der Waals surface area (Å²) in [6, 6.07) is 5.26. The molecule has 1 atom stereocenters. The fraction of sp³-hybridized carbons (Fsp3) is 0.667. The lowest BCUT2D eigenvalue weighted by Gasteiger charge is -2.41. The third-order valence-corrected chi connectivity index (χ3v) is 5.15. The van der Waals surface area contributed by atoms with Crippen LogP contribution in [-0.4, -0.2) is 38.2 Å². The van der Waals surface area contributed by atoms with Gasteiger partial charge < -0.3 is 10.1 Å². The smallest absolute Gasteiger partial charge is 0.123 e. The van der Waals surface area contributed by atoms with Crippen LogP contribution in [0.5, 0.6) is 5.75 Å². The summed E-state index contributed by atoms with van der Waals surface area (Å²) in [6.45, 7) is 4.09. The third kappa shape index (κ3) is 3.44. The zero-order chi connectivity index (χ0) is 15.4. The molecule has 1 N–H and O–H groups in total. The number of methoxy groups -OCH3 is 1. The molecule has 0 bridgehead atoms. The first-order valence-corrected chi connectivity index (χ1v) is 8.58. The summed E-state index contributed by atoms with van der Waals surface area (Å²) in [5, 5.41) is 3.42. The molecule has 0 amide bonds. The Labute approximate surface area is 132 Å². The Balaban J connectivity index is 1.94. The normalized spacial score (nSPS) is 22.5. The standard InChI is InChI=1S/C18H27FN2O/c1-22-17-8-7-15(19)13-16(17)18(14-5-3-2-4-6-14)21-11-9-20-10-12-21/h7-8,13-14,18,20H,2-6,9-12H2,1H3/t18-/m1/s1. The summed E-state index contributed by atoms with van der Waals surface area (Å²) < 4.78 is 19.4. The zero-order valence-corrected chi connectivity index (χ0v) is 13.5. The maximum absolute atomic E-state index is 13.9. The number of piperazine rings is 1. The number of hydrogen-bond acceptors (Lipinski definition) is 3. The molecule has 1 saturated heterocycles. The van der Waals surface area contributed by atoms with Crippen LogP contribution in [-0.2, 0) is 0 Å². The molecule has 3 nitrogen and oxygen atoms in total. The van der Waals surface area contributed by atoms with Gasteiger partial charge in [0.1, 0.15) is 11.6 Å². The van der Waals surface area contributed by atoms with E-state index < -0.39 is 0 Å². The second-order valence-corrected chi connectivity index (χ2v) is 6.52. The Hall–Kier alpha value is -1.13. The van der Waals surface area contributed by atoms with Crippen LogP contribution in [0.3, 0.4) is 0 Å². The van der Waals surface area contributed by atoms with Crippen molar-refractivity contribution in [1.82, 2.24) is 10.2 Å². The average molecular weight is 306 g/mol. The van der Waals surface area contributed by atoms with Crippen molar-refractivity contribution in [1.29, 1.82) is 0 Å². The van der Waals surface area contributed by atoms with Crippen LogP contribution >= 0.6 is 0 Å². The van der Waals surface area contributed by atoms with Crippen LogP contribution in [0, 0.1) is 11.7 Å². The van der Waals surface area contributed by atoms with Gasteiger partial charge in [0.05, 0.1) is 7.11 Å². The largest absolute Gasteiger partial charge is 0.496 e. The SMILES string of the molecule is COc1ccc(F)cc1[C@@H](C1CCCCC1)N1CCNCC1. The number of nitrogens with zero attached hydrogens (tertiary/aromatic N) is 1. The average Bonchev–Trinajstić information content (AvgIpc) is 2.57. The van der Waals surface area contributed by atoms with E-state index in [0.717, 1.165) is 37.5 Å². The van der Waals surface area contributed by atoms with Crippen molar-refractivity contribution in [2.45, 2.75) is 38.1 Å². The van der Waals surface area contributed by atoms with Crippen molar-refractivity contribution in [2.24, 2.45) is 5.92 Å². The van der Waals surface area contributed by atoms with Crippen LogP contribution in [0.15, 0.2) is 18.2 Å². The molecule has 1 aromatic rings. The van der Waals surface area contributed by atoms with E-state index in [1.165, 1.54) is 38.2 Å². The van der Waals surface area contributed by atoms with Crippen molar-refractivity contribution in [2.75, 3.05) is 33.3 Å². The molecule has 0 spiro atoms. The Bertz CT molecular complexity index is 464. The van der Waals surface area contributed by atoms with Crippen LogP contribution < -0.4 is 10.1 Å². The van der Waals surface area contributed by atoms with Gasteiger partial charge in [-0.2, -0.15) is 0 Å². The van der Waals surface area contributed by atoms with E-state index in [1.54, 1.807) is 19.2 Å². The second-order valence-electron chi connectivity index (χ2n) is 6.52. The summed E-state index contributed by atoms with van der Waals surface area (Å²) in [5.74, 6) is 1.28. The van der Waals surface area contributed by atoms with Gasteiger partial charge in [-0.05, 0) is 37.0 Å². The van der Waals surface area contributed by atoms with E-state index in [2.05, 4.69) is 10.2 Å². The summed E-state index contributed by atoms with van der Waals surface area (Å²) >= 11 is 0. The summed E-state index contributed by atoms with van der Waals surface area (Å²) in [4.78, 5) is 2.53. The topological polar surface area (TPSA) is 24.5 Å². The molecular formula is C18H27FN2O. The van der Waals surface area contributed by atoms with Gasteiger partial charge in [-0.3, -0.25) is 4.90 Å². The van der Waals surface area contributed by atoms with Crippen LogP contribution in [0.25, 0.3) is 0 Å². The van der Waals surface area contributed by atoms with E-state index in [9.17, 15) is 4.39 Å². The zero-order valence-electron chi connectivity index (χ0n) is 13.5. The number of benzene rings is 1. The molecule has 2 fully saturated rings. The van der Waals surface area contributed by atoms with Gasteiger partial charge in [0, 0.05) is 37.8 Å². The fourth-order valence-corrected chi connectivity index (χ4v) is 4.10. The lowest BCUT2D eigenvalue weighted by Crippen LogP contribution is -2.47. The number of nitrogens with one attached hydrogen (secondary N) is 1. The van der Waals surface area contributed by atoms with Crippen LogP contribution in [0.4, 0.5) is 4.39 Å². The van der Waals surface area contributed by atoms with Crippen molar-refractivity contribution in [3.8, 4) is 5.75 Å². The van der Waals surface area contributed by atoms with Crippen molar-refractivity contribution < 1.29 is 9.13 Å². The fourth-order valence-electron chi connectivity index (χ4n) is 4.10. The minimum atomic E-state index is -0.160. The molecule has 122 valence electrons. The molecule has 3 rings (SSSR count). The van der Waals surface area contributed by atoms with Gasteiger partial charge in [-0.15, -0.1) is 0 Å². The van der Waals surface area contributed by atoms with E-state index in [-0.39, 0.29) is 11.9 Å². The monoisotopic (exact) mass is 306 g/mol. The molecule has 22 heavy (non-hydrogen) atoms. The van der Waals surface area contributed by atoms with Gasteiger partial charge in [0.2, 0.25) is 0 Å². The Morgan fingerprint density at radius 1 is 1.18 bits per heavy atom. The first-order chi connectivity index (χ1) is 10.8. The van der Waals surface area contributed by atoms with Gasteiger partial charge in [0.25, 0.3) is 0 Å². The maximum Gasteiger partial charge on any atom is 0.123 e. The Morgan fingerprint density at radius 2 is 1.91 bits per heavy atom. The third-order valence-electron chi connectivity index (χ3n) is 5.15. The number of hydrogen-bond donors (Lipinski definition) is 1. The Kier molecular flexibility index (Phi) is 5.32. The lowest BCUT2D eigenvalue weighted by atomic mass is 9.80. The first kappa shape index (κ1) is 15.8. The summed E-state index contributed by atoms with van der Waals surface area (Å²) in [7, 11) is 1.69. The quantitative estimate of drug-likeness (QED) is 0.923. The minimum Gasteiger partial charge on any atom is -0.496 e. The predicted molar refractivity (Wildman–Crippen MR) is 86.7 cm³/mol.